The van der Waals surface area contributed by atoms with Crippen molar-refractivity contribution in [1.29, 1.82) is 0 Å². The van der Waals surface area contributed by atoms with Crippen molar-refractivity contribution in [2.24, 2.45) is 0 Å². The van der Waals surface area contributed by atoms with Crippen molar-refractivity contribution in [1.82, 2.24) is 0 Å². The summed E-state index contributed by atoms with van der Waals surface area (Å²) < 4.78 is 5.29. The maximum atomic E-state index is 5.83. The number of unbranched alkanes of at least 4 members (excludes halogenated alkanes) is 1. The molecule has 0 aliphatic rings. The van der Waals surface area contributed by atoms with Gasteiger partial charge in [0.2, 0.25) is 0 Å². The molecule has 0 aliphatic heterocycles. The molecular formula is C12H15ClO. The van der Waals surface area contributed by atoms with E-state index in [-0.39, 0.29) is 0 Å². The molecule has 14 heavy (non-hydrogen) atoms. The number of halogens is 1. The lowest BCUT2D eigenvalue weighted by molar-refractivity contribution is 0.246. The zero-order chi connectivity index (χ0) is 10.2. The van der Waals surface area contributed by atoms with Crippen molar-refractivity contribution in [3.8, 4) is 0 Å². The largest absolute Gasteiger partial charge is 0.501 e. The molecule has 2 heteroatoms. The molecule has 0 aliphatic carbocycles. The molecule has 0 saturated carbocycles. The minimum Gasteiger partial charge on any atom is -0.501 e. The first-order valence-corrected chi connectivity index (χ1v) is 5.24. The number of hydrogen-bond donors (Lipinski definition) is 0. The fourth-order valence-electron chi connectivity index (χ4n) is 1.03. The summed E-state index contributed by atoms with van der Waals surface area (Å²) in [6, 6.07) is 7.68. The molecular weight excluding hydrogens is 196 g/mol. The molecule has 0 fully saturated rings. The van der Waals surface area contributed by atoms with Gasteiger partial charge in [-0.15, -0.1) is 0 Å². The van der Waals surface area contributed by atoms with Crippen LogP contribution in [0.15, 0.2) is 30.5 Å². The highest BCUT2D eigenvalue weighted by molar-refractivity contribution is 6.30. The van der Waals surface area contributed by atoms with Crippen LogP contribution in [0.2, 0.25) is 5.02 Å². The van der Waals surface area contributed by atoms with Gasteiger partial charge >= 0.3 is 0 Å². The average molecular weight is 211 g/mol. The Morgan fingerprint density at radius 2 is 2.29 bits per heavy atom. The summed E-state index contributed by atoms with van der Waals surface area (Å²) in [5, 5.41) is 0.751. The van der Waals surface area contributed by atoms with Crippen LogP contribution in [0, 0.1) is 0 Å². The van der Waals surface area contributed by atoms with Gasteiger partial charge in [0.25, 0.3) is 0 Å². The van der Waals surface area contributed by atoms with Crippen molar-refractivity contribution >= 4 is 17.7 Å². The average Bonchev–Trinajstić information content (AvgIpc) is 2.18. The van der Waals surface area contributed by atoms with E-state index in [0.29, 0.717) is 0 Å². The zero-order valence-electron chi connectivity index (χ0n) is 8.37. The fourth-order valence-corrected chi connectivity index (χ4v) is 1.23. The van der Waals surface area contributed by atoms with Crippen LogP contribution >= 0.6 is 11.6 Å². The summed E-state index contributed by atoms with van der Waals surface area (Å²) in [6.07, 6.45) is 5.90. The van der Waals surface area contributed by atoms with Gasteiger partial charge in [-0.05, 0) is 30.2 Å². The summed E-state index contributed by atoms with van der Waals surface area (Å²) in [4.78, 5) is 0. The molecule has 0 saturated heterocycles. The molecule has 1 aromatic rings. The smallest absolute Gasteiger partial charge is 0.0873 e. The Morgan fingerprint density at radius 3 is 3.00 bits per heavy atom. The normalized spacial score (nSPS) is 10.7. The quantitative estimate of drug-likeness (QED) is 0.525. The maximum Gasteiger partial charge on any atom is 0.0873 e. The Hall–Kier alpha value is -0.950. The van der Waals surface area contributed by atoms with Crippen LogP contribution < -0.4 is 0 Å². The Labute approximate surface area is 90.3 Å². The maximum absolute atomic E-state index is 5.83. The van der Waals surface area contributed by atoms with Gasteiger partial charge in [0.1, 0.15) is 0 Å². The topological polar surface area (TPSA) is 9.23 Å². The predicted molar refractivity (Wildman–Crippen MR) is 61.3 cm³/mol. The number of ether oxygens (including phenoxy) is 1. The molecule has 1 rings (SSSR count). The number of benzene rings is 1. The first-order chi connectivity index (χ1) is 6.83. The van der Waals surface area contributed by atoms with Gasteiger partial charge in [0, 0.05) is 5.02 Å². The molecule has 0 unspecified atom stereocenters. The van der Waals surface area contributed by atoms with Crippen LogP contribution in [0.25, 0.3) is 6.08 Å². The van der Waals surface area contributed by atoms with Crippen LogP contribution in [0.4, 0.5) is 0 Å². The van der Waals surface area contributed by atoms with Gasteiger partial charge in [-0.3, -0.25) is 0 Å². The molecule has 0 bridgehead atoms. The van der Waals surface area contributed by atoms with Crippen LogP contribution in [0.1, 0.15) is 25.3 Å². The molecule has 0 N–H and O–H groups in total. The Morgan fingerprint density at radius 1 is 1.43 bits per heavy atom. The summed E-state index contributed by atoms with van der Waals surface area (Å²) >= 11 is 5.83. The van der Waals surface area contributed by atoms with Crippen LogP contribution in [-0.4, -0.2) is 6.61 Å². The number of rotatable bonds is 5. The molecule has 0 heterocycles. The van der Waals surface area contributed by atoms with E-state index in [0.717, 1.165) is 30.0 Å². The van der Waals surface area contributed by atoms with E-state index < -0.39 is 0 Å². The second kappa shape index (κ2) is 6.50. The molecule has 76 valence electrons. The SMILES string of the molecule is CCCCO/C=C/c1cccc(Cl)c1. The van der Waals surface area contributed by atoms with Gasteiger partial charge in [0.05, 0.1) is 12.9 Å². The van der Waals surface area contributed by atoms with Gasteiger partial charge in [-0.25, -0.2) is 0 Å². The Bertz CT molecular complexity index is 294. The van der Waals surface area contributed by atoms with E-state index in [2.05, 4.69) is 6.92 Å². The summed E-state index contributed by atoms with van der Waals surface area (Å²) in [6.45, 7) is 2.93. The lowest BCUT2D eigenvalue weighted by Gasteiger charge is -1.98. The monoisotopic (exact) mass is 210 g/mol. The van der Waals surface area contributed by atoms with Crippen molar-refractivity contribution in [3.63, 3.8) is 0 Å². The molecule has 0 spiro atoms. The highest BCUT2D eigenvalue weighted by Gasteiger charge is 1.88. The van der Waals surface area contributed by atoms with E-state index in [9.17, 15) is 0 Å². The fraction of sp³-hybridized carbons (Fsp3) is 0.333. The number of hydrogen-bond acceptors (Lipinski definition) is 1. The van der Waals surface area contributed by atoms with Crippen molar-refractivity contribution in [2.75, 3.05) is 6.61 Å². The summed E-state index contributed by atoms with van der Waals surface area (Å²) in [7, 11) is 0. The lowest BCUT2D eigenvalue weighted by atomic mass is 10.2. The predicted octanol–water partition coefficient (Wildman–Crippen LogP) is 4.13. The minimum absolute atomic E-state index is 0.751. The van der Waals surface area contributed by atoms with Gasteiger partial charge in [-0.1, -0.05) is 37.1 Å². The first kappa shape index (κ1) is 11.1. The molecule has 0 radical (unpaired) electrons. The molecule has 1 nitrogen and oxygen atoms in total. The molecule has 0 amide bonds. The van der Waals surface area contributed by atoms with E-state index in [4.69, 9.17) is 16.3 Å². The van der Waals surface area contributed by atoms with Crippen LogP contribution in [0.5, 0.6) is 0 Å². The van der Waals surface area contributed by atoms with Crippen molar-refractivity contribution in [2.45, 2.75) is 19.8 Å². The van der Waals surface area contributed by atoms with Gasteiger partial charge < -0.3 is 4.74 Å². The van der Waals surface area contributed by atoms with Gasteiger partial charge in [0.15, 0.2) is 0 Å². The van der Waals surface area contributed by atoms with Crippen LogP contribution in [0.3, 0.4) is 0 Å². The zero-order valence-corrected chi connectivity index (χ0v) is 9.13. The third-order valence-electron chi connectivity index (χ3n) is 1.82. The molecule has 0 aromatic heterocycles. The molecule has 1 aromatic carbocycles. The minimum atomic E-state index is 0.751. The highest BCUT2D eigenvalue weighted by Crippen LogP contribution is 2.11. The standard InChI is InChI=1S/C12H15ClO/c1-2-3-8-14-9-7-11-5-4-6-12(13)10-11/h4-7,9-10H,2-3,8H2,1H3/b9-7+. The summed E-state index contributed by atoms with van der Waals surface area (Å²) in [5.41, 5.74) is 1.06. The van der Waals surface area contributed by atoms with Gasteiger partial charge in [-0.2, -0.15) is 0 Å². The highest BCUT2D eigenvalue weighted by atomic mass is 35.5. The van der Waals surface area contributed by atoms with E-state index in [1.54, 1.807) is 6.26 Å². The van der Waals surface area contributed by atoms with Crippen LogP contribution in [-0.2, 0) is 4.74 Å². The third-order valence-corrected chi connectivity index (χ3v) is 2.06. The van der Waals surface area contributed by atoms with Crippen molar-refractivity contribution in [3.05, 3.63) is 41.1 Å². The Balaban J connectivity index is 2.36. The van der Waals surface area contributed by atoms with E-state index in [1.165, 1.54) is 0 Å². The Kier molecular flexibility index (Phi) is 5.16. The van der Waals surface area contributed by atoms with Crippen molar-refractivity contribution < 1.29 is 4.74 Å². The third kappa shape index (κ3) is 4.33. The first-order valence-electron chi connectivity index (χ1n) is 4.86. The lowest BCUT2D eigenvalue weighted by Crippen LogP contribution is -1.84. The summed E-state index contributed by atoms with van der Waals surface area (Å²) in [5.74, 6) is 0. The van der Waals surface area contributed by atoms with E-state index >= 15 is 0 Å². The van der Waals surface area contributed by atoms with E-state index in [1.807, 2.05) is 30.3 Å². The second-order valence-electron chi connectivity index (χ2n) is 3.08. The second-order valence-corrected chi connectivity index (χ2v) is 3.52. The molecule has 0 atom stereocenters.